The summed E-state index contributed by atoms with van der Waals surface area (Å²) in [7, 11) is 0. The molecule has 2 heterocycles. The highest BCUT2D eigenvalue weighted by molar-refractivity contribution is 9.10. The van der Waals surface area contributed by atoms with Gasteiger partial charge in [-0.1, -0.05) is 18.5 Å². The van der Waals surface area contributed by atoms with Gasteiger partial charge in [0, 0.05) is 20.6 Å². The van der Waals surface area contributed by atoms with E-state index in [1.807, 2.05) is 18.4 Å². The molecule has 0 bridgehead atoms. The minimum absolute atomic E-state index is 0.140. The van der Waals surface area contributed by atoms with Crippen LogP contribution in [-0.4, -0.2) is 10.9 Å². The van der Waals surface area contributed by atoms with E-state index in [0.29, 0.717) is 17.3 Å². The number of pyridine rings is 1. The zero-order valence-corrected chi connectivity index (χ0v) is 13.4. The van der Waals surface area contributed by atoms with Crippen molar-refractivity contribution in [3.8, 4) is 0 Å². The Kier molecular flexibility index (Phi) is 4.96. The normalized spacial score (nSPS) is 10.5. The van der Waals surface area contributed by atoms with E-state index in [9.17, 15) is 4.79 Å². The van der Waals surface area contributed by atoms with Gasteiger partial charge in [0.1, 0.15) is 5.15 Å². The Morgan fingerprint density at radius 3 is 2.95 bits per heavy atom. The number of aryl methyl sites for hydroxylation is 1. The van der Waals surface area contributed by atoms with E-state index >= 15 is 0 Å². The molecule has 19 heavy (non-hydrogen) atoms. The van der Waals surface area contributed by atoms with Gasteiger partial charge < -0.3 is 5.32 Å². The molecule has 0 aliphatic heterocycles. The van der Waals surface area contributed by atoms with Crippen molar-refractivity contribution >= 4 is 44.8 Å². The van der Waals surface area contributed by atoms with Crippen LogP contribution < -0.4 is 5.32 Å². The first-order chi connectivity index (χ1) is 9.10. The number of carbonyl (C=O) groups excluding carboxylic acids is 1. The average molecular weight is 360 g/mol. The van der Waals surface area contributed by atoms with Gasteiger partial charge in [0.15, 0.2) is 0 Å². The van der Waals surface area contributed by atoms with Crippen molar-refractivity contribution in [1.82, 2.24) is 10.3 Å². The predicted octanol–water partition coefficient (Wildman–Crippen LogP) is 4.05. The summed E-state index contributed by atoms with van der Waals surface area (Å²) in [6.45, 7) is 2.47. The van der Waals surface area contributed by atoms with Gasteiger partial charge in [-0.2, -0.15) is 0 Å². The van der Waals surface area contributed by atoms with Gasteiger partial charge in [-0.15, -0.1) is 11.3 Å². The summed E-state index contributed by atoms with van der Waals surface area (Å²) in [6, 6.07) is 5.31. The van der Waals surface area contributed by atoms with Gasteiger partial charge in [0.2, 0.25) is 0 Å². The zero-order chi connectivity index (χ0) is 13.8. The number of carbonyl (C=O) groups is 1. The molecular weight excluding hydrogens is 348 g/mol. The number of halogens is 2. The molecular formula is C13H12BrClN2OS. The first kappa shape index (κ1) is 14.5. The van der Waals surface area contributed by atoms with Gasteiger partial charge in [-0.3, -0.25) is 4.79 Å². The van der Waals surface area contributed by atoms with E-state index in [0.717, 1.165) is 21.5 Å². The summed E-state index contributed by atoms with van der Waals surface area (Å²) < 4.78 is 1.01. The number of hydrogen-bond acceptors (Lipinski definition) is 3. The minimum Gasteiger partial charge on any atom is -0.347 e. The number of nitrogens with zero attached hydrogens (tertiary/aromatic N) is 1. The predicted molar refractivity (Wildman–Crippen MR) is 81.8 cm³/mol. The maximum Gasteiger partial charge on any atom is 0.251 e. The summed E-state index contributed by atoms with van der Waals surface area (Å²) in [4.78, 5) is 17.3. The van der Waals surface area contributed by atoms with Crippen LogP contribution in [0, 0.1) is 0 Å². The van der Waals surface area contributed by atoms with E-state index in [1.165, 1.54) is 0 Å². The van der Waals surface area contributed by atoms with Crippen LogP contribution in [0.1, 0.15) is 27.9 Å². The van der Waals surface area contributed by atoms with Crippen LogP contribution in [0.3, 0.4) is 0 Å². The van der Waals surface area contributed by atoms with Crippen molar-refractivity contribution in [1.29, 1.82) is 0 Å². The highest BCUT2D eigenvalue weighted by Crippen LogP contribution is 2.22. The second kappa shape index (κ2) is 6.50. The summed E-state index contributed by atoms with van der Waals surface area (Å²) in [5, 5.41) is 5.20. The minimum atomic E-state index is -0.140. The Morgan fingerprint density at radius 1 is 1.53 bits per heavy atom. The third kappa shape index (κ3) is 3.78. The fraction of sp³-hybridized carbons (Fsp3) is 0.231. The van der Waals surface area contributed by atoms with Crippen molar-refractivity contribution in [2.24, 2.45) is 0 Å². The maximum absolute atomic E-state index is 12.1. The van der Waals surface area contributed by atoms with Crippen LogP contribution in [0.2, 0.25) is 5.15 Å². The molecule has 0 aromatic carbocycles. The molecule has 0 radical (unpaired) electrons. The van der Waals surface area contributed by atoms with Crippen LogP contribution in [0.25, 0.3) is 0 Å². The molecule has 6 heteroatoms. The lowest BCUT2D eigenvalue weighted by Gasteiger charge is -2.06. The smallest absolute Gasteiger partial charge is 0.251 e. The number of nitrogens with one attached hydrogen (secondary N) is 1. The Hall–Kier alpha value is -0.910. The van der Waals surface area contributed by atoms with Gasteiger partial charge in [-0.25, -0.2) is 4.98 Å². The van der Waals surface area contributed by atoms with E-state index in [-0.39, 0.29) is 5.91 Å². The van der Waals surface area contributed by atoms with E-state index in [1.54, 1.807) is 23.5 Å². The summed E-state index contributed by atoms with van der Waals surface area (Å²) in [5.41, 5.74) is 1.36. The largest absolute Gasteiger partial charge is 0.347 e. The Balaban J connectivity index is 2.08. The van der Waals surface area contributed by atoms with Crippen molar-refractivity contribution in [3.63, 3.8) is 0 Å². The maximum atomic E-state index is 12.1. The number of amides is 1. The number of thiophene rings is 1. The molecule has 2 aromatic rings. The molecule has 0 saturated heterocycles. The first-order valence-electron chi connectivity index (χ1n) is 5.76. The summed E-state index contributed by atoms with van der Waals surface area (Å²) in [6.07, 6.45) is 0.747. The van der Waals surface area contributed by atoms with Crippen LogP contribution in [0.4, 0.5) is 0 Å². The van der Waals surface area contributed by atoms with E-state index in [2.05, 4.69) is 26.2 Å². The van der Waals surface area contributed by atoms with Gasteiger partial charge in [-0.05, 0) is 45.9 Å². The lowest BCUT2D eigenvalue weighted by molar-refractivity contribution is 0.0951. The van der Waals surface area contributed by atoms with Crippen LogP contribution in [0.15, 0.2) is 28.1 Å². The zero-order valence-electron chi connectivity index (χ0n) is 10.2. The number of rotatable bonds is 4. The third-order valence-corrected chi connectivity index (χ3v) is 4.69. The van der Waals surface area contributed by atoms with E-state index in [4.69, 9.17) is 11.6 Å². The number of aromatic nitrogens is 1. The van der Waals surface area contributed by atoms with Crippen molar-refractivity contribution in [2.45, 2.75) is 19.9 Å². The molecule has 0 unspecified atom stereocenters. The molecule has 2 aromatic heterocycles. The molecule has 2 rings (SSSR count). The molecule has 0 spiro atoms. The van der Waals surface area contributed by atoms with Crippen LogP contribution in [0.5, 0.6) is 0 Å². The Bertz CT molecular complexity index is 600. The summed E-state index contributed by atoms with van der Waals surface area (Å²) in [5.74, 6) is -0.140. The molecule has 1 N–H and O–H groups in total. The highest BCUT2D eigenvalue weighted by Gasteiger charge is 2.10. The Morgan fingerprint density at radius 2 is 2.32 bits per heavy atom. The monoisotopic (exact) mass is 358 g/mol. The van der Waals surface area contributed by atoms with Crippen LogP contribution in [-0.2, 0) is 13.0 Å². The number of hydrogen-bond donors (Lipinski definition) is 1. The fourth-order valence-corrected chi connectivity index (χ4v) is 3.24. The van der Waals surface area contributed by atoms with Crippen molar-refractivity contribution in [3.05, 3.63) is 49.3 Å². The molecule has 3 nitrogen and oxygen atoms in total. The average Bonchev–Trinajstić information content (AvgIpc) is 2.80. The quantitative estimate of drug-likeness (QED) is 0.837. The molecule has 100 valence electrons. The van der Waals surface area contributed by atoms with Crippen molar-refractivity contribution < 1.29 is 4.79 Å². The second-order valence-electron chi connectivity index (χ2n) is 3.90. The molecule has 0 aliphatic carbocycles. The molecule has 0 fully saturated rings. The summed E-state index contributed by atoms with van der Waals surface area (Å²) >= 11 is 10.9. The lowest BCUT2D eigenvalue weighted by Crippen LogP contribution is -2.22. The molecule has 0 aliphatic rings. The molecule has 0 saturated carbocycles. The van der Waals surface area contributed by atoms with Gasteiger partial charge >= 0.3 is 0 Å². The van der Waals surface area contributed by atoms with Gasteiger partial charge in [0.25, 0.3) is 5.91 Å². The second-order valence-corrected chi connectivity index (χ2v) is 6.14. The standard InChI is InChI=1S/C13H12BrClN2OS/c1-2-9-5-8(6-12(15)17-9)13(18)16-7-11-10(14)3-4-19-11/h3-6H,2,7H2,1H3,(H,16,18). The van der Waals surface area contributed by atoms with Crippen molar-refractivity contribution in [2.75, 3.05) is 0 Å². The molecule has 1 amide bonds. The Labute approximate surface area is 129 Å². The lowest BCUT2D eigenvalue weighted by atomic mass is 10.2. The van der Waals surface area contributed by atoms with E-state index < -0.39 is 0 Å². The van der Waals surface area contributed by atoms with Gasteiger partial charge in [0.05, 0.1) is 6.54 Å². The SMILES string of the molecule is CCc1cc(C(=O)NCc2sccc2Br)cc(Cl)n1. The highest BCUT2D eigenvalue weighted by atomic mass is 79.9. The molecule has 0 atom stereocenters. The first-order valence-corrected chi connectivity index (χ1v) is 7.81. The topological polar surface area (TPSA) is 42.0 Å². The van der Waals surface area contributed by atoms with Crippen LogP contribution >= 0.6 is 38.9 Å². The third-order valence-electron chi connectivity index (χ3n) is 2.57. The fourth-order valence-electron chi connectivity index (χ4n) is 1.58.